The molecule has 2 saturated carbocycles. The molecule has 0 unspecified atom stereocenters. The van der Waals surface area contributed by atoms with Crippen molar-refractivity contribution in [1.29, 1.82) is 0 Å². The summed E-state index contributed by atoms with van der Waals surface area (Å²) in [6.45, 7) is 4.82. The van der Waals surface area contributed by atoms with Crippen LogP contribution in [-0.4, -0.2) is 48.5 Å². The third-order valence-corrected chi connectivity index (χ3v) is 6.70. The molecule has 1 amide bonds. The van der Waals surface area contributed by atoms with Gasteiger partial charge in [-0.25, -0.2) is 0 Å². The summed E-state index contributed by atoms with van der Waals surface area (Å²) in [5.74, 6) is 1.71. The van der Waals surface area contributed by atoms with E-state index in [-0.39, 0.29) is 23.5 Å². The van der Waals surface area contributed by atoms with Gasteiger partial charge < -0.3 is 14.4 Å². The Morgan fingerprint density at radius 2 is 2.15 bits per heavy atom. The van der Waals surface area contributed by atoms with Gasteiger partial charge in [0, 0.05) is 31.5 Å². The summed E-state index contributed by atoms with van der Waals surface area (Å²) in [6.07, 6.45) is 3.19. The fourth-order valence-corrected chi connectivity index (χ4v) is 5.44. The summed E-state index contributed by atoms with van der Waals surface area (Å²) in [4.78, 5) is 27.8. The van der Waals surface area contributed by atoms with Gasteiger partial charge in [0.15, 0.2) is 5.78 Å². The summed E-state index contributed by atoms with van der Waals surface area (Å²) in [7, 11) is 0. The van der Waals surface area contributed by atoms with Crippen LogP contribution in [0.15, 0.2) is 18.2 Å². The van der Waals surface area contributed by atoms with Gasteiger partial charge in [0.25, 0.3) is 0 Å². The number of benzene rings is 1. The van der Waals surface area contributed by atoms with E-state index in [1.54, 1.807) is 0 Å². The largest absolute Gasteiger partial charge is 0.486 e. The molecule has 0 N–H and O–H groups in total. The number of nitrogens with zero attached hydrogens (tertiary/aromatic N) is 1. The fraction of sp³-hybridized carbons (Fsp3) is 0.619. The van der Waals surface area contributed by atoms with E-state index in [1.807, 2.05) is 30.0 Å². The molecular weight excluding hydrogens is 330 g/mol. The number of hydrogen-bond acceptors (Lipinski definition) is 4. The van der Waals surface area contributed by atoms with Crippen molar-refractivity contribution in [2.45, 2.75) is 38.2 Å². The van der Waals surface area contributed by atoms with Crippen molar-refractivity contribution in [3.05, 3.63) is 29.3 Å². The van der Waals surface area contributed by atoms with E-state index in [1.165, 1.54) is 0 Å². The molecule has 4 atom stereocenters. The Kier molecular flexibility index (Phi) is 3.64. The summed E-state index contributed by atoms with van der Waals surface area (Å²) < 4.78 is 11.9. The second kappa shape index (κ2) is 5.81. The molecule has 5 heteroatoms. The van der Waals surface area contributed by atoms with Gasteiger partial charge in [0.05, 0.1) is 18.6 Å². The Hall–Kier alpha value is -1.88. The molecule has 3 fully saturated rings. The number of carbonyl (C=O) groups is 2. The number of hydrogen-bond donors (Lipinski definition) is 0. The van der Waals surface area contributed by atoms with Gasteiger partial charge in [-0.05, 0) is 44.2 Å². The predicted octanol–water partition coefficient (Wildman–Crippen LogP) is 2.60. The van der Waals surface area contributed by atoms with Crippen LogP contribution in [0.2, 0.25) is 0 Å². The van der Waals surface area contributed by atoms with Crippen molar-refractivity contribution < 1.29 is 19.1 Å². The molecule has 2 heterocycles. The summed E-state index contributed by atoms with van der Waals surface area (Å²) >= 11 is 0. The van der Waals surface area contributed by atoms with Crippen LogP contribution in [0, 0.1) is 24.7 Å². The number of carbonyl (C=O) groups excluding carboxylic acids is 2. The maximum absolute atomic E-state index is 13.1. The highest BCUT2D eigenvalue weighted by Crippen LogP contribution is 2.66. The van der Waals surface area contributed by atoms with Crippen LogP contribution in [0.1, 0.15) is 41.6 Å². The van der Waals surface area contributed by atoms with E-state index in [2.05, 4.69) is 0 Å². The first kappa shape index (κ1) is 16.3. The minimum atomic E-state index is -0.466. The molecule has 1 aromatic carbocycles. The zero-order chi connectivity index (χ0) is 17.9. The monoisotopic (exact) mass is 355 g/mol. The molecule has 0 aromatic heterocycles. The molecule has 4 aliphatic rings. The molecule has 26 heavy (non-hydrogen) atoms. The first-order valence-corrected chi connectivity index (χ1v) is 9.78. The zero-order valence-electron chi connectivity index (χ0n) is 15.2. The minimum Gasteiger partial charge on any atom is -0.486 e. The molecular formula is C21H25NO4. The molecule has 5 rings (SSSR count). The summed E-state index contributed by atoms with van der Waals surface area (Å²) in [5.41, 5.74) is 1.31. The van der Waals surface area contributed by atoms with Crippen LogP contribution in [0.5, 0.6) is 5.75 Å². The van der Waals surface area contributed by atoms with Gasteiger partial charge in [-0.2, -0.15) is 0 Å². The van der Waals surface area contributed by atoms with Crippen molar-refractivity contribution in [3.8, 4) is 5.75 Å². The quantitative estimate of drug-likeness (QED) is 0.777. The highest BCUT2D eigenvalue weighted by molar-refractivity contribution is 6.01. The van der Waals surface area contributed by atoms with Crippen molar-refractivity contribution in [2.75, 3.05) is 26.3 Å². The van der Waals surface area contributed by atoms with Crippen molar-refractivity contribution >= 4 is 11.7 Å². The molecule has 0 bridgehead atoms. The van der Waals surface area contributed by atoms with E-state index in [9.17, 15) is 9.59 Å². The first-order chi connectivity index (χ1) is 12.6. The van der Waals surface area contributed by atoms with Crippen LogP contribution in [-0.2, 0) is 9.53 Å². The van der Waals surface area contributed by atoms with Crippen molar-refractivity contribution in [1.82, 2.24) is 4.90 Å². The molecule has 0 radical (unpaired) electrons. The molecule has 2 aliphatic heterocycles. The van der Waals surface area contributed by atoms with Gasteiger partial charge in [-0.15, -0.1) is 0 Å². The number of Topliss-reactive ketones (excluding diaryl/α,β-unsaturated/α-hetero) is 1. The van der Waals surface area contributed by atoms with Crippen molar-refractivity contribution in [3.63, 3.8) is 0 Å². The lowest BCUT2D eigenvalue weighted by Crippen LogP contribution is -2.45. The smallest absolute Gasteiger partial charge is 0.226 e. The lowest BCUT2D eigenvalue weighted by molar-refractivity contribution is -0.134. The Morgan fingerprint density at radius 3 is 3.04 bits per heavy atom. The van der Waals surface area contributed by atoms with Crippen LogP contribution in [0.25, 0.3) is 0 Å². The molecule has 1 spiro atoms. The fourth-order valence-electron chi connectivity index (χ4n) is 5.44. The van der Waals surface area contributed by atoms with Crippen molar-refractivity contribution in [2.24, 2.45) is 17.8 Å². The number of amides is 1. The van der Waals surface area contributed by atoms with Gasteiger partial charge in [-0.3, -0.25) is 9.59 Å². The highest BCUT2D eigenvalue weighted by atomic mass is 16.5. The molecule has 138 valence electrons. The maximum Gasteiger partial charge on any atom is 0.226 e. The average molecular weight is 355 g/mol. The number of ether oxygens (including phenoxy) is 2. The molecule has 2 aliphatic carbocycles. The second-order valence-electron chi connectivity index (χ2n) is 8.31. The third-order valence-electron chi connectivity index (χ3n) is 6.70. The van der Waals surface area contributed by atoms with Crippen LogP contribution >= 0.6 is 0 Å². The SMILES string of the molecule is Cc1ccc2c(c1)C(=O)C[C@]1(CC[C@H]3[C@@H](C(=O)N4CCCOCC4)[C@@H]31)O2. The molecule has 1 aromatic rings. The number of ketones is 1. The van der Waals surface area contributed by atoms with Gasteiger partial charge in [0.1, 0.15) is 11.4 Å². The Labute approximate surface area is 153 Å². The summed E-state index contributed by atoms with van der Waals surface area (Å²) in [5, 5.41) is 0. The topological polar surface area (TPSA) is 55.8 Å². The Bertz CT molecular complexity index is 767. The van der Waals surface area contributed by atoms with E-state index in [0.717, 1.165) is 38.0 Å². The highest BCUT2D eigenvalue weighted by Gasteiger charge is 2.71. The Balaban J connectivity index is 1.38. The average Bonchev–Trinajstić information content (AvgIpc) is 3.34. The van der Waals surface area contributed by atoms with Gasteiger partial charge in [0.2, 0.25) is 5.91 Å². The first-order valence-electron chi connectivity index (χ1n) is 9.78. The number of rotatable bonds is 1. The Morgan fingerprint density at radius 1 is 1.27 bits per heavy atom. The van der Waals surface area contributed by atoms with Gasteiger partial charge in [-0.1, -0.05) is 11.6 Å². The maximum atomic E-state index is 13.1. The minimum absolute atomic E-state index is 0.0293. The number of fused-ring (bicyclic) bond motifs is 3. The number of aryl methyl sites for hydroxylation is 1. The predicted molar refractivity (Wildman–Crippen MR) is 95.2 cm³/mol. The van der Waals surface area contributed by atoms with E-state index >= 15 is 0 Å². The van der Waals surface area contributed by atoms with Crippen LogP contribution in [0.4, 0.5) is 0 Å². The van der Waals surface area contributed by atoms with Gasteiger partial charge >= 0.3 is 0 Å². The summed E-state index contributed by atoms with van der Waals surface area (Å²) in [6, 6.07) is 5.83. The lowest BCUT2D eigenvalue weighted by atomic mass is 9.84. The van der Waals surface area contributed by atoms with Crippen LogP contribution < -0.4 is 4.74 Å². The van der Waals surface area contributed by atoms with E-state index in [4.69, 9.17) is 9.47 Å². The lowest BCUT2D eigenvalue weighted by Gasteiger charge is -2.37. The normalized spacial score (nSPS) is 35.5. The molecule has 1 saturated heterocycles. The van der Waals surface area contributed by atoms with E-state index < -0.39 is 5.60 Å². The second-order valence-corrected chi connectivity index (χ2v) is 8.31. The van der Waals surface area contributed by atoms with Crippen LogP contribution in [0.3, 0.4) is 0 Å². The third kappa shape index (κ3) is 2.40. The van der Waals surface area contributed by atoms with E-state index in [0.29, 0.717) is 36.8 Å². The standard InChI is InChI=1S/C21H25NO4/c1-13-3-4-17-15(11-13)16(23)12-21(26-17)6-5-14-18(19(14)21)20(24)22-7-2-9-25-10-8-22/h3-4,11,14,18-19H,2,5-10,12H2,1H3/t14-,18+,19+,21-/m0/s1. The zero-order valence-corrected chi connectivity index (χ0v) is 15.2. The molecule has 5 nitrogen and oxygen atoms in total.